The van der Waals surface area contributed by atoms with E-state index in [0.29, 0.717) is 0 Å². The van der Waals surface area contributed by atoms with E-state index in [1.807, 2.05) is 6.07 Å². The normalized spacial score (nSPS) is 12.9. The Kier molecular flexibility index (Phi) is 12.5. The van der Waals surface area contributed by atoms with Gasteiger partial charge in [-0.1, -0.05) is 236 Å². The van der Waals surface area contributed by atoms with Crippen LogP contribution in [0.15, 0.2) is 300 Å². The third kappa shape index (κ3) is 8.91. The summed E-state index contributed by atoms with van der Waals surface area (Å²) in [5.41, 5.74) is 26.1. The highest BCUT2D eigenvalue weighted by Crippen LogP contribution is 2.52. The smallest absolute Gasteiger partial charge is 0.252 e. The highest BCUT2D eigenvalue weighted by molar-refractivity contribution is 7.00. The zero-order chi connectivity index (χ0) is 63.1. The van der Waals surface area contributed by atoms with E-state index in [1.165, 1.54) is 49.1 Å². The molecule has 0 amide bonds. The Labute approximate surface area is 548 Å². The molecule has 4 heterocycles. The number of furan rings is 2. The van der Waals surface area contributed by atoms with Crippen molar-refractivity contribution in [3.05, 3.63) is 302 Å². The SMILES string of the molecule is CC(C)(C)c1ccc(N2c3cc(N(c4ccc5ccc6ccccc6c5c4)c4ccc5oc6ccccc6c5c4)ccc3B3c4cc5c(cc4N(c4ccc(C(C)(C)C)cc4)c4cc(-c6c(-c7ccccc7)cccc6-c6ccccc6)cc2c43)oc2ccccc25)cc1. The summed E-state index contributed by atoms with van der Waals surface area (Å²) in [4.78, 5) is 7.60. The van der Waals surface area contributed by atoms with E-state index in [1.54, 1.807) is 0 Å². The van der Waals surface area contributed by atoms with Crippen molar-refractivity contribution in [1.82, 2.24) is 0 Å². The maximum absolute atomic E-state index is 6.94. The average molecular weight is 1210 g/mol. The van der Waals surface area contributed by atoms with Gasteiger partial charge in [0, 0.05) is 78.8 Å². The maximum atomic E-state index is 6.94. The van der Waals surface area contributed by atoms with Crippen molar-refractivity contribution in [3.63, 3.8) is 0 Å². The van der Waals surface area contributed by atoms with E-state index < -0.39 is 0 Å². The standard InChI is InChI=1S/C88H66BN3O2/c1-87(2,3)60-35-40-62(41-36-60)91-77-52-66(90(65-45-47-83-73(51-65)70-26-15-17-30-81(70)93-83)64-39-34-58-33-32-57-24-13-14-25-67(57)72(58)50-64)44-46-75(77)89-76-53-74-71-27-16-18-31-82(71)94-84(74)54-78(76)92(63-42-37-61(38-43-63)88(4,5)6)80-49-59(48-79(91)86(80)89)85-68(55-20-9-7-10-21-55)28-19-29-69(85)56-22-11-8-12-23-56/h7-54H,1-6H3. The molecule has 0 spiro atoms. The van der Waals surface area contributed by atoms with Gasteiger partial charge in [0.25, 0.3) is 6.71 Å². The number of rotatable bonds is 8. The van der Waals surface area contributed by atoms with Crippen LogP contribution in [0.1, 0.15) is 52.7 Å². The van der Waals surface area contributed by atoms with Crippen LogP contribution in [0.5, 0.6) is 0 Å². The number of para-hydroxylation sites is 2. The van der Waals surface area contributed by atoms with Gasteiger partial charge in [-0.25, -0.2) is 0 Å². The molecule has 94 heavy (non-hydrogen) atoms. The van der Waals surface area contributed by atoms with Gasteiger partial charge in [0.15, 0.2) is 0 Å². The summed E-state index contributed by atoms with van der Waals surface area (Å²) in [7, 11) is 0. The summed E-state index contributed by atoms with van der Waals surface area (Å²) < 4.78 is 13.5. The molecule has 16 aromatic rings. The molecule has 2 aromatic heterocycles. The molecule has 5 nitrogen and oxygen atoms in total. The Morgan fingerprint density at radius 3 is 1.36 bits per heavy atom. The molecule has 2 aliphatic rings. The first-order valence-electron chi connectivity index (χ1n) is 32.8. The summed E-state index contributed by atoms with van der Waals surface area (Å²) in [5, 5.41) is 9.16. The number of hydrogen-bond donors (Lipinski definition) is 0. The Balaban J connectivity index is 0.970. The lowest BCUT2D eigenvalue weighted by molar-refractivity contribution is 0.590. The van der Waals surface area contributed by atoms with Crippen LogP contribution < -0.4 is 31.1 Å². The number of nitrogens with zero attached hydrogens (tertiary/aromatic N) is 3. The van der Waals surface area contributed by atoms with E-state index in [2.05, 4.69) is 341 Å². The zero-order valence-electron chi connectivity index (χ0n) is 53.4. The predicted octanol–water partition coefficient (Wildman–Crippen LogP) is 22.9. The monoisotopic (exact) mass is 1210 g/mol. The lowest BCUT2D eigenvalue weighted by Crippen LogP contribution is -2.61. The first-order chi connectivity index (χ1) is 45.9. The van der Waals surface area contributed by atoms with Crippen molar-refractivity contribution in [2.75, 3.05) is 14.7 Å². The maximum Gasteiger partial charge on any atom is 0.252 e. The molecule has 0 aliphatic carbocycles. The molecule has 18 rings (SSSR count). The average Bonchev–Trinajstić information content (AvgIpc) is 0.830. The molecular formula is C88H66BN3O2. The minimum atomic E-state index is -0.224. The van der Waals surface area contributed by atoms with E-state index in [9.17, 15) is 0 Å². The predicted molar refractivity (Wildman–Crippen MR) is 398 cm³/mol. The molecule has 0 atom stereocenters. The van der Waals surface area contributed by atoms with Crippen molar-refractivity contribution in [2.24, 2.45) is 0 Å². The van der Waals surface area contributed by atoms with Crippen molar-refractivity contribution < 1.29 is 8.83 Å². The summed E-state index contributed by atoms with van der Waals surface area (Å²) in [5.74, 6) is 0. The van der Waals surface area contributed by atoms with Gasteiger partial charge in [-0.3, -0.25) is 0 Å². The third-order valence-corrected chi connectivity index (χ3v) is 19.9. The summed E-state index contributed by atoms with van der Waals surface area (Å²) in [6, 6.07) is 108. The van der Waals surface area contributed by atoms with Gasteiger partial charge in [-0.05, 0) is 184 Å². The van der Waals surface area contributed by atoms with Crippen molar-refractivity contribution in [1.29, 1.82) is 0 Å². The largest absolute Gasteiger partial charge is 0.456 e. The molecule has 0 saturated heterocycles. The number of fused-ring (bicyclic) bond motifs is 13. The Bertz CT molecular complexity index is 5660. The van der Waals surface area contributed by atoms with Crippen LogP contribution in [0.4, 0.5) is 51.2 Å². The fraction of sp³-hybridized carbons (Fsp3) is 0.0909. The molecule has 0 saturated carbocycles. The topological polar surface area (TPSA) is 36.0 Å². The van der Waals surface area contributed by atoms with Crippen LogP contribution in [-0.4, -0.2) is 6.71 Å². The van der Waals surface area contributed by atoms with Gasteiger partial charge in [0.05, 0.1) is 0 Å². The molecule has 0 bridgehead atoms. The molecule has 6 heteroatoms. The number of hydrogen-bond acceptors (Lipinski definition) is 5. The van der Waals surface area contributed by atoms with E-state index in [0.717, 1.165) is 128 Å². The second-order valence-corrected chi connectivity index (χ2v) is 27.6. The van der Waals surface area contributed by atoms with Crippen LogP contribution in [-0.2, 0) is 10.8 Å². The minimum Gasteiger partial charge on any atom is -0.456 e. The molecule has 0 N–H and O–H groups in total. The molecule has 0 fully saturated rings. The van der Waals surface area contributed by atoms with Gasteiger partial charge in [-0.2, -0.15) is 0 Å². The number of anilines is 9. The zero-order valence-corrected chi connectivity index (χ0v) is 53.4. The molecule has 448 valence electrons. The molecule has 2 aliphatic heterocycles. The molecule has 14 aromatic carbocycles. The van der Waals surface area contributed by atoms with Crippen molar-refractivity contribution >= 4 is 140 Å². The van der Waals surface area contributed by atoms with Gasteiger partial charge in [0.1, 0.15) is 22.3 Å². The highest BCUT2D eigenvalue weighted by atomic mass is 16.3. The Morgan fingerprint density at radius 2 is 0.766 bits per heavy atom. The number of benzene rings is 14. The lowest BCUT2D eigenvalue weighted by atomic mass is 9.33. The van der Waals surface area contributed by atoms with Crippen LogP contribution in [0.25, 0.3) is 98.8 Å². The fourth-order valence-corrected chi connectivity index (χ4v) is 15.3. The van der Waals surface area contributed by atoms with Gasteiger partial charge in [-0.15, -0.1) is 0 Å². The van der Waals surface area contributed by atoms with Gasteiger partial charge in [0.2, 0.25) is 0 Å². The summed E-state index contributed by atoms with van der Waals surface area (Å²) in [6.07, 6.45) is 0. The molecule has 0 radical (unpaired) electrons. The van der Waals surface area contributed by atoms with E-state index >= 15 is 0 Å². The van der Waals surface area contributed by atoms with E-state index in [4.69, 9.17) is 8.83 Å². The summed E-state index contributed by atoms with van der Waals surface area (Å²) in [6.45, 7) is 13.6. The van der Waals surface area contributed by atoms with Crippen molar-refractivity contribution in [2.45, 2.75) is 52.4 Å². The van der Waals surface area contributed by atoms with Crippen LogP contribution in [0.3, 0.4) is 0 Å². The second kappa shape index (κ2) is 21.1. The quantitative estimate of drug-likeness (QED) is 0.112. The fourth-order valence-electron chi connectivity index (χ4n) is 15.3. The van der Waals surface area contributed by atoms with Crippen LogP contribution in [0, 0.1) is 0 Å². The first kappa shape index (κ1) is 55.5. The minimum absolute atomic E-state index is 0.0534. The molecular weight excluding hydrogens is 1140 g/mol. The first-order valence-corrected chi connectivity index (χ1v) is 32.8. The van der Waals surface area contributed by atoms with E-state index in [-0.39, 0.29) is 17.5 Å². The Hall–Kier alpha value is -11.3. The molecule has 0 unspecified atom stereocenters. The Morgan fingerprint density at radius 1 is 0.309 bits per heavy atom. The van der Waals surface area contributed by atoms with Crippen LogP contribution >= 0.6 is 0 Å². The van der Waals surface area contributed by atoms with Crippen molar-refractivity contribution in [3.8, 4) is 33.4 Å². The van der Waals surface area contributed by atoms with Crippen LogP contribution in [0.2, 0.25) is 0 Å². The lowest BCUT2D eigenvalue weighted by Gasteiger charge is -2.45. The highest BCUT2D eigenvalue weighted by Gasteiger charge is 2.45. The van der Waals surface area contributed by atoms with Gasteiger partial charge < -0.3 is 23.5 Å². The third-order valence-electron chi connectivity index (χ3n) is 19.9. The second-order valence-electron chi connectivity index (χ2n) is 27.6. The van der Waals surface area contributed by atoms with Gasteiger partial charge >= 0.3 is 0 Å². The summed E-state index contributed by atoms with van der Waals surface area (Å²) >= 11 is 0.